The molecular weight excluding hydrogens is 308 g/mol. The van der Waals surface area contributed by atoms with E-state index in [-0.39, 0.29) is 6.61 Å². The summed E-state index contributed by atoms with van der Waals surface area (Å²) in [6, 6.07) is 0. The summed E-state index contributed by atoms with van der Waals surface area (Å²) in [5.41, 5.74) is 0. The first-order valence-electron chi connectivity index (χ1n) is 9.65. The van der Waals surface area contributed by atoms with E-state index in [0.29, 0.717) is 19.1 Å². The third-order valence-electron chi connectivity index (χ3n) is 4.11. The molecule has 5 nitrogen and oxygen atoms in total. The van der Waals surface area contributed by atoms with Crippen LogP contribution in [0.2, 0.25) is 0 Å². The Morgan fingerprint density at radius 3 is 2.21 bits per heavy atom. The molecule has 144 valence electrons. The van der Waals surface area contributed by atoms with E-state index in [4.69, 9.17) is 19.7 Å². The predicted octanol–water partition coefficient (Wildman–Crippen LogP) is 4.16. The highest BCUT2D eigenvalue weighted by molar-refractivity contribution is 5.72. The van der Waals surface area contributed by atoms with Crippen LogP contribution >= 0.6 is 0 Å². The van der Waals surface area contributed by atoms with E-state index >= 15 is 0 Å². The van der Waals surface area contributed by atoms with E-state index in [1.165, 1.54) is 32.1 Å². The minimum absolute atomic E-state index is 0.0589. The van der Waals surface area contributed by atoms with Gasteiger partial charge in [0.15, 0.2) is 6.10 Å². The monoisotopic (exact) mass is 346 g/mol. The lowest BCUT2D eigenvalue weighted by molar-refractivity contribution is -0.152. The number of ether oxygens (including phenoxy) is 2. The van der Waals surface area contributed by atoms with Crippen LogP contribution in [-0.4, -0.2) is 47.7 Å². The third kappa shape index (κ3) is 13.8. The van der Waals surface area contributed by atoms with Gasteiger partial charge in [0.1, 0.15) is 0 Å². The topological polar surface area (TPSA) is 76.0 Å². The molecule has 24 heavy (non-hydrogen) atoms. The minimum atomic E-state index is -0.963. The largest absolute Gasteiger partial charge is 0.479 e. The summed E-state index contributed by atoms with van der Waals surface area (Å²) in [5, 5.41) is 18.3. The van der Waals surface area contributed by atoms with Gasteiger partial charge in [0.2, 0.25) is 0 Å². The fourth-order valence-corrected chi connectivity index (χ4v) is 2.60. The van der Waals surface area contributed by atoms with Gasteiger partial charge in [-0.05, 0) is 39.0 Å². The van der Waals surface area contributed by atoms with Crippen molar-refractivity contribution in [3.63, 3.8) is 0 Å². The summed E-state index contributed by atoms with van der Waals surface area (Å²) in [6.45, 7) is 6.70. The second-order valence-corrected chi connectivity index (χ2v) is 6.61. The summed E-state index contributed by atoms with van der Waals surface area (Å²) < 4.78 is 11.1. The fraction of sp³-hybridized carbons (Fsp3) is 0.947. The van der Waals surface area contributed by atoms with E-state index in [0.717, 1.165) is 25.7 Å². The van der Waals surface area contributed by atoms with E-state index in [1.807, 2.05) is 0 Å². The molecule has 0 aliphatic carbocycles. The molecule has 0 saturated carbocycles. The summed E-state index contributed by atoms with van der Waals surface area (Å²) in [6.07, 6.45) is 9.48. The molecule has 0 aromatic carbocycles. The number of aliphatic hydroxyl groups is 1. The molecule has 0 fully saturated rings. The number of rotatable bonds is 17. The number of hydrogen-bond acceptors (Lipinski definition) is 4. The number of aliphatic carboxylic acids is 1. The number of aliphatic hydroxyl groups excluding tert-OH is 1. The molecule has 0 radical (unpaired) electrons. The smallest absolute Gasteiger partial charge is 0.332 e. The van der Waals surface area contributed by atoms with Gasteiger partial charge < -0.3 is 19.7 Å². The Hall–Kier alpha value is -0.650. The molecule has 0 aliphatic rings. The normalized spacial score (nSPS) is 15.2. The van der Waals surface area contributed by atoms with E-state index < -0.39 is 18.2 Å². The van der Waals surface area contributed by atoms with Crippen molar-refractivity contribution in [3.05, 3.63) is 0 Å². The zero-order valence-electron chi connectivity index (χ0n) is 15.8. The lowest BCUT2D eigenvalue weighted by atomic mass is 10.1. The van der Waals surface area contributed by atoms with Gasteiger partial charge in [-0.1, -0.05) is 46.0 Å². The number of carboxylic acids is 1. The van der Waals surface area contributed by atoms with Gasteiger partial charge in [-0.2, -0.15) is 0 Å². The number of unbranched alkanes of at least 4 members (excludes halogenated alkanes) is 5. The van der Waals surface area contributed by atoms with Crippen molar-refractivity contribution in [3.8, 4) is 0 Å². The Bertz CT molecular complexity index is 293. The van der Waals surface area contributed by atoms with Gasteiger partial charge in [0.25, 0.3) is 0 Å². The average Bonchev–Trinajstić information content (AvgIpc) is 2.54. The van der Waals surface area contributed by atoms with Crippen LogP contribution in [0.1, 0.15) is 85.0 Å². The molecule has 0 amide bonds. The van der Waals surface area contributed by atoms with Crippen LogP contribution in [0.3, 0.4) is 0 Å². The molecule has 0 aromatic rings. The molecule has 2 N–H and O–H groups in total. The van der Waals surface area contributed by atoms with Crippen molar-refractivity contribution < 1.29 is 24.5 Å². The Labute approximate surface area is 147 Å². The molecule has 5 heteroatoms. The lowest BCUT2D eigenvalue weighted by Crippen LogP contribution is -2.27. The van der Waals surface area contributed by atoms with Gasteiger partial charge >= 0.3 is 5.97 Å². The fourth-order valence-electron chi connectivity index (χ4n) is 2.60. The first kappa shape index (κ1) is 23.4. The number of carbonyl (C=O) groups is 1. The SMILES string of the molecule is CCCCCCCC(CC)OCCCCC(OCC(C)O)C(=O)O. The quantitative estimate of drug-likeness (QED) is 0.387. The molecular formula is C19H38O5. The van der Waals surface area contributed by atoms with Crippen molar-refractivity contribution in [1.82, 2.24) is 0 Å². The summed E-state index contributed by atoms with van der Waals surface area (Å²) in [4.78, 5) is 11.1. The summed E-state index contributed by atoms with van der Waals surface area (Å²) in [7, 11) is 0. The van der Waals surface area contributed by atoms with Crippen molar-refractivity contribution in [2.75, 3.05) is 13.2 Å². The van der Waals surface area contributed by atoms with Crippen molar-refractivity contribution in [2.45, 2.75) is 103 Å². The zero-order chi connectivity index (χ0) is 18.2. The Balaban J connectivity index is 3.74. The van der Waals surface area contributed by atoms with Gasteiger partial charge in [-0.25, -0.2) is 4.79 Å². The van der Waals surface area contributed by atoms with Crippen LogP contribution in [0, 0.1) is 0 Å². The van der Waals surface area contributed by atoms with Crippen LogP contribution in [0.5, 0.6) is 0 Å². The molecule has 0 aliphatic heterocycles. The molecule has 3 unspecified atom stereocenters. The predicted molar refractivity (Wildman–Crippen MR) is 96.3 cm³/mol. The molecule has 0 aromatic heterocycles. The molecule has 0 spiro atoms. The van der Waals surface area contributed by atoms with Crippen LogP contribution in [-0.2, 0) is 14.3 Å². The Morgan fingerprint density at radius 2 is 1.62 bits per heavy atom. The Kier molecular flexibility index (Phi) is 15.4. The summed E-state index contributed by atoms with van der Waals surface area (Å²) in [5.74, 6) is -0.963. The first-order chi connectivity index (χ1) is 11.5. The minimum Gasteiger partial charge on any atom is -0.479 e. The number of hydrogen-bond donors (Lipinski definition) is 2. The third-order valence-corrected chi connectivity index (χ3v) is 4.11. The average molecular weight is 347 g/mol. The number of carboxylic acid groups (broad SMARTS) is 1. The second-order valence-electron chi connectivity index (χ2n) is 6.61. The van der Waals surface area contributed by atoms with Gasteiger partial charge in [0.05, 0.1) is 18.8 Å². The molecule has 0 heterocycles. The van der Waals surface area contributed by atoms with Crippen molar-refractivity contribution >= 4 is 5.97 Å². The van der Waals surface area contributed by atoms with Crippen LogP contribution in [0.15, 0.2) is 0 Å². The maximum Gasteiger partial charge on any atom is 0.332 e. The van der Waals surface area contributed by atoms with Gasteiger partial charge in [0, 0.05) is 6.61 Å². The van der Waals surface area contributed by atoms with Gasteiger partial charge in [-0.15, -0.1) is 0 Å². The van der Waals surface area contributed by atoms with E-state index in [2.05, 4.69) is 13.8 Å². The van der Waals surface area contributed by atoms with Crippen LogP contribution in [0.25, 0.3) is 0 Å². The van der Waals surface area contributed by atoms with Crippen molar-refractivity contribution in [1.29, 1.82) is 0 Å². The highest BCUT2D eigenvalue weighted by Crippen LogP contribution is 2.13. The maximum atomic E-state index is 11.1. The van der Waals surface area contributed by atoms with Crippen molar-refractivity contribution in [2.24, 2.45) is 0 Å². The van der Waals surface area contributed by atoms with E-state index in [1.54, 1.807) is 6.92 Å². The molecule has 3 atom stereocenters. The maximum absolute atomic E-state index is 11.1. The van der Waals surface area contributed by atoms with E-state index in [9.17, 15) is 4.79 Å². The molecule has 0 rings (SSSR count). The molecule has 0 bridgehead atoms. The van der Waals surface area contributed by atoms with Gasteiger partial charge in [-0.3, -0.25) is 0 Å². The highest BCUT2D eigenvalue weighted by atomic mass is 16.5. The van der Waals surface area contributed by atoms with Crippen LogP contribution in [0.4, 0.5) is 0 Å². The standard InChI is InChI=1S/C19H38O5/c1-4-6-7-8-9-12-17(5-2)23-14-11-10-13-18(19(21)22)24-15-16(3)20/h16-18,20H,4-15H2,1-3H3,(H,21,22). The lowest BCUT2D eigenvalue weighted by Gasteiger charge is -2.17. The molecule has 0 saturated heterocycles. The van der Waals surface area contributed by atoms with Crippen LogP contribution < -0.4 is 0 Å². The summed E-state index contributed by atoms with van der Waals surface area (Å²) >= 11 is 0. The first-order valence-corrected chi connectivity index (χ1v) is 9.65. The Morgan fingerprint density at radius 1 is 0.958 bits per heavy atom. The second kappa shape index (κ2) is 15.9. The zero-order valence-corrected chi connectivity index (χ0v) is 15.8. The highest BCUT2D eigenvalue weighted by Gasteiger charge is 2.18.